The Morgan fingerprint density at radius 2 is 1.75 bits per heavy atom. The fourth-order valence-corrected chi connectivity index (χ4v) is 5.03. The van der Waals surface area contributed by atoms with E-state index in [1.807, 2.05) is 83.1 Å². The Kier molecular flexibility index (Phi) is 9.29. The molecule has 0 atom stereocenters. The second kappa shape index (κ2) is 12.8. The lowest BCUT2D eigenvalue weighted by molar-refractivity contribution is -0.131. The van der Waals surface area contributed by atoms with E-state index in [2.05, 4.69) is 0 Å². The van der Waals surface area contributed by atoms with Gasteiger partial charge < -0.3 is 14.4 Å². The Bertz CT molecular complexity index is 1280. The third-order valence-corrected chi connectivity index (χ3v) is 7.23. The average molecular weight is 541 g/mol. The first-order valence-corrected chi connectivity index (χ1v) is 13.2. The van der Waals surface area contributed by atoms with E-state index < -0.39 is 0 Å². The van der Waals surface area contributed by atoms with E-state index in [4.69, 9.17) is 32.7 Å². The summed E-state index contributed by atoms with van der Waals surface area (Å²) in [6, 6.07) is 25.2. The van der Waals surface area contributed by atoms with E-state index in [0.29, 0.717) is 54.1 Å². The molecule has 1 heterocycles. The van der Waals surface area contributed by atoms with Gasteiger partial charge in [-0.05, 0) is 58.8 Å². The lowest BCUT2D eigenvalue weighted by atomic mass is 10.1. The van der Waals surface area contributed by atoms with Crippen molar-refractivity contribution in [1.82, 2.24) is 4.90 Å². The number of hydrogen-bond donors (Lipinski definition) is 0. The van der Waals surface area contributed by atoms with Crippen molar-refractivity contribution in [3.63, 3.8) is 0 Å². The van der Waals surface area contributed by atoms with Gasteiger partial charge in [-0.1, -0.05) is 71.7 Å². The predicted molar refractivity (Wildman–Crippen MR) is 147 cm³/mol. The Hall–Kier alpha value is -2.99. The molecular formula is C29H27Cl2NO3S. The summed E-state index contributed by atoms with van der Waals surface area (Å²) in [4.78, 5) is 16.2. The topological polar surface area (TPSA) is 38.8 Å². The van der Waals surface area contributed by atoms with Crippen molar-refractivity contribution in [2.24, 2.45) is 0 Å². The van der Waals surface area contributed by atoms with Crippen molar-refractivity contribution >= 4 is 40.4 Å². The summed E-state index contributed by atoms with van der Waals surface area (Å²) < 4.78 is 11.6. The molecule has 1 aromatic heterocycles. The summed E-state index contributed by atoms with van der Waals surface area (Å²) in [7, 11) is 1.62. The van der Waals surface area contributed by atoms with Gasteiger partial charge in [-0.2, -0.15) is 0 Å². The molecule has 4 nitrogen and oxygen atoms in total. The van der Waals surface area contributed by atoms with Crippen molar-refractivity contribution in [3.8, 4) is 11.5 Å². The summed E-state index contributed by atoms with van der Waals surface area (Å²) in [5.74, 6) is 1.36. The largest absolute Gasteiger partial charge is 0.493 e. The van der Waals surface area contributed by atoms with Gasteiger partial charge in [-0.15, -0.1) is 11.3 Å². The molecule has 4 aromatic rings. The average Bonchev–Trinajstić information content (AvgIpc) is 3.40. The molecule has 36 heavy (non-hydrogen) atoms. The van der Waals surface area contributed by atoms with Gasteiger partial charge in [0.05, 0.1) is 13.5 Å². The number of rotatable bonds is 11. The van der Waals surface area contributed by atoms with Crippen molar-refractivity contribution in [1.29, 1.82) is 0 Å². The zero-order valence-electron chi connectivity index (χ0n) is 20.0. The first kappa shape index (κ1) is 26.1. The standard InChI is InChI=1S/C29H27Cl2NO3S/c1-34-27-12-9-22(16-28(27)35-20-21-6-3-2-4-7-21)19-32(29(33)18-25-8-5-15-36-25)14-13-23-10-11-24(30)17-26(23)31/h2-12,15-17H,13-14,18-20H2,1H3. The lowest BCUT2D eigenvalue weighted by Gasteiger charge is -2.24. The quantitative estimate of drug-likeness (QED) is 0.198. The monoisotopic (exact) mass is 539 g/mol. The molecule has 0 aliphatic carbocycles. The molecule has 0 aliphatic rings. The minimum absolute atomic E-state index is 0.0603. The second-order valence-corrected chi connectivity index (χ2v) is 10.2. The fourth-order valence-electron chi connectivity index (χ4n) is 3.83. The summed E-state index contributed by atoms with van der Waals surface area (Å²) in [6.07, 6.45) is 0.985. The predicted octanol–water partition coefficient (Wildman–Crippen LogP) is 7.46. The van der Waals surface area contributed by atoms with E-state index in [9.17, 15) is 4.79 Å². The third kappa shape index (κ3) is 7.26. The van der Waals surface area contributed by atoms with Crippen molar-refractivity contribution in [2.75, 3.05) is 13.7 Å². The number of halogens is 2. The molecular weight excluding hydrogens is 513 g/mol. The zero-order chi connectivity index (χ0) is 25.3. The zero-order valence-corrected chi connectivity index (χ0v) is 22.3. The number of amides is 1. The van der Waals surface area contributed by atoms with E-state index in [1.54, 1.807) is 24.5 Å². The Balaban J connectivity index is 1.51. The van der Waals surface area contributed by atoms with Crippen LogP contribution >= 0.6 is 34.5 Å². The number of carbonyl (C=O) groups is 1. The van der Waals surface area contributed by atoms with Crippen molar-refractivity contribution in [2.45, 2.75) is 26.0 Å². The van der Waals surface area contributed by atoms with Crippen LogP contribution in [0.15, 0.2) is 84.2 Å². The molecule has 0 saturated heterocycles. The van der Waals surface area contributed by atoms with Gasteiger partial charge in [0.2, 0.25) is 5.91 Å². The van der Waals surface area contributed by atoms with Crippen LogP contribution in [0.2, 0.25) is 10.0 Å². The molecule has 0 aliphatic heterocycles. The van der Waals surface area contributed by atoms with Crippen LogP contribution < -0.4 is 9.47 Å². The summed E-state index contributed by atoms with van der Waals surface area (Å²) >= 11 is 14.0. The molecule has 0 N–H and O–H groups in total. The maximum Gasteiger partial charge on any atom is 0.228 e. The molecule has 0 radical (unpaired) electrons. The lowest BCUT2D eigenvalue weighted by Crippen LogP contribution is -2.33. The highest BCUT2D eigenvalue weighted by Gasteiger charge is 2.17. The molecule has 0 saturated carbocycles. The van der Waals surface area contributed by atoms with Crippen LogP contribution in [0.1, 0.15) is 21.6 Å². The van der Waals surface area contributed by atoms with Crippen LogP contribution in [-0.4, -0.2) is 24.5 Å². The van der Waals surface area contributed by atoms with Gasteiger partial charge in [0.15, 0.2) is 11.5 Å². The highest BCUT2D eigenvalue weighted by atomic mass is 35.5. The van der Waals surface area contributed by atoms with Crippen LogP contribution in [0.25, 0.3) is 0 Å². The maximum absolute atomic E-state index is 13.3. The Labute approximate surface area is 226 Å². The minimum Gasteiger partial charge on any atom is -0.493 e. The molecule has 1 amide bonds. The molecule has 0 unspecified atom stereocenters. The number of hydrogen-bond acceptors (Lipinski definition) is 4. The van der Waals surface area contributed by atoms with Crippen LogP contribution in [-0.2, 0) is 30.8 Å². The summed E-state index contributed by atoms with van der Waals surface area (Å²) in [5.41, 5.74) is 2.98. The first-order chi connectivity index (χ1) is 17.5. The number of ether oxygens (including phenoxy) is 2. The molecule has 4 rings (SSSR count). The van der Waals surface area contributed by atoms with Gasteiger partial charge in [-0.25, -0.2) is 0 Å². The van der Waals surface area contributed by atoms with Crippen molar-refractivity contribution < 1.29 is 14.3 Å². The molecule has 186 valence electrons. The van der Waals surface area contributed by atoms with Crippen molar-refractivity contribution in [3.05, 3.63) is 116 Å². The number of thiophene rings is 1. The highest BCUT2D eigenvalue weighted by molar-refractivity contribution is 7.10. The van der Waals surface area contributed by atoms with Crippen LogP contribution in [0.3, 0.4) is 0 Å². The molecule has 0 bridgehead atoms. The van der Waals surface area contributed by atoms with Gasteiger partial charge in [-0.3, -0.25) is 4.79 Å². The van der Waals surface area contributed by atoms with E-state index >= 15 is 0 Å². The van der Waals surface area contributed by atoms with Crippen LogP contribution in [0.4, 0.5) is 0 Å². The van der Waals surface area contributed by atoms with Gasteiger partial charge in [0.1, 0.15) is 6.61 Å². The number of methoxy groups -OCH3 is 1. The molecule has 0 fully saturated rings. The normalized spacial score (nSPS) is 10.8. The van der Waals surface area contributed by atoms with Gasteiger partial charge in [0, 0.05) is 28.0 Å². The van der Waals surface area contributed by atoms with E-state index in [-0.39, 0.29) is 5.91 Å². The van der Waals surface area contributed by atoms with Gasteiger partial charge in [0.25, 0.3) is 0 Å². The highest BCUT2D eigenvalue weighted by Crippen LogP contribution is 2.30. The molecule has 3 aromatic carbocycles. The Morgan fingerprint density at radius 1 is 0.917 bits per heavy atom. The summed E-state index contributed by atoms with van der Waals surface area (Å²) in [6.45, 7) is 1.40. The second-order valence-electron chi connectivity index (χ2n) is 8.32. The van der Waals surface area contributed by atoms with Crippen LogP contribution in [0.5, 0.6) is 11.5 Å². The summed E-state index contributed by atoms with van der Waals surface area (Å²) in [5, 5.41) is 3.19. The molecule has 0 spiro atoms. The first-order valence-electron chi connectivity index (χ1n) is 11.6. The molecule has 7 heteroatoms. The Morgan fingerprint density at radius 3 is 2.47 bits per heavy atom. The maximum atomic E-state index is 13.3. The third-order valence-electron chi connectivity index (χ3n) is 5.76. The SMILES string of the molecule is COc1ccc(CN(CCc2ccc(Cl)cc2Cl)C(=O)Cc2cccs2)cc1OCc1ccccc1. The minimum atomic E-state index is 0.0603. The smallest absolute Gasteiger partial charge is 0.228 e. The van der Waals surface area contributed by atoms with E-state index in [1.165, 1.54) is 0 Å². The number of nitrogens with zero attached hydrogens (tertiary/aromatic N) is 1. The van der Waals surface area contributed by atoms with Crippen LogP contribution in [0, 0.1) is 0 Å². The van der Waals surface area contributed by atoms with Gasteiger partial charge >= 0.3 is 0 Å². The number of benzene rings is 3. The number of carbonyl (C=O) groups excluding carboxylic acids is 1. The van der Waals surface area contributed by atoms with E-state index in [0.717, 1.165) is 21.6 Å². The fraction of sp³-hybridized carbons (Fsp3) is 0.207.